The number of ether oxygens (including phenoxy) is 1. The summed E-state index contributed by atoms with van der Waals surface area (Å²) >= 11 is 0. The minimum absolute atomic E-state index is 0.253. The molecule has 0 aromatic heterocycles. The topological polar surface area (TPSA) is 38.5 Å². The van der Waals surface area contributed by atoms with Gasteiger partial charge in [-0.3, -0.25) is 4.90 Å². The molecule has 100 valence electrons. The van der Waals surface area contributed by atoms with Gasteiger partial charge in [0.25, 0.3) is 0 Å². The molecule has 1 saturated heterocycles. The van der Waals surface area contributed by atoms with E-state index in [0.29, 0.717) is 6.10 Å². The number of nitrogens with zero attached hydrogens (tertiary/aromatic N) is 1. The lowest BCUT2D eigenvalue weighted by atomic mass is 9.71. The average Bonchev–Trinajstić information content (AvgIpc) is 2.21. The monoisotopic (exact) mass is 240 g/mol. The van der Waals surface area contributed by atoms with E-state index in [-0.39, 0.29) is 5.54 Å². The molecule has 1 saturated carbocycles. The van der Waals surface area contributed by atoms with Crippen molar-refractivity contribution in [1.82, 2.24) is 4.90 Å². The fourth-order valence-corrected chi connectivity index (χ4v) is 3.75. The van der Waals surface area contributed by atoms with Crippen LogP contribution in [-0.4, -0.2) is 42.8 Å². The summed E-state index contributed by atoms with van der Waals surface area (Å²) in [5, 5.41) is 0. The lowest BCUT2D eigenvalue weighted by Crippen LogP contribution is -2.66. The van der Waals surface area contributed by atoms with Crippen LogP contribution in [0.1, 0.15) is 40.0 Å². The van der Waals surface area contributed by atoms with E-state index < -0.39 is 0 Å². The highest BCUT2D eigenvalue weighted by atomic mass is 16.5. The van der Waals surface area contributed by atoms with Crippen molar-refractivity contribution >= 4 is 0 Å². The van der Waals surface area contributed by atoms with E-state index in [2.05, 4.69) is 25.7 Å². The molecule has 0 aromatic rings. The minimum Gasteiger partial charge on any atom is -0.378 e. The Morgan fingerprint density at radius 2 is 1.82 bits per heavy atom. The van der Waals surface area contributed by atoms with E-state index in [1.807, 2.05) is 0 Å². The maximum Gasteiger partial charge on any atom is 0.0611 e. The third-order valence-electron chi connectivity index (χ3n) is 4.54. The van der Waals surface area contributed by atoms with Gasteiger partial charge in [0.05, 0.1) is 6.10 Å². The third-order valence-corrected chi connectivity index (χ3v) is 4.54. The minimum atomic E-state index is 0.253. The van der Waals surface area contributed by atoms with Gasteiger partial charge in [0.2, 0.25) is 0 Å². The predicted octanol–water partition coefficient (Wildman–Crippen LogP) is 1.86. The molecule has 2 unspecified atom stereocenters. The van der Waals surface area contributed by atoms with Gasteiger partial charge >= 0.3 is 0 Å². The molecule has 3 heteroatoms. The van der Waals surface area contributed by atoms with Crippen molar-refractivity contribution in [2.75, 3.05) is 26.2 Å². The maximum absolute atomic E-state index is 6.05. The normalized spacial score (nSPS) is 43.4. The Labute approximate surface area is 106 Å². The van der Waals surface area contributed by atoms with Gasteiger partial charge in [0.1, 0.15) is 0 Å². The molecule has 2 N–H and O–H groups in total. The quantitative estimate of drug-likeness (QED) is 0.815. The van der Waals surface area contributed by atoms with Gasteiger partial charge in [0, 0.05) is 31.8 Å². The van der Waals surface area contributed by atoms with Gasteiger partial charge < -0.3 is 10.5 Å². The van der Waals surface area contributed by atoms with Gasteiger partial charge in [-0.15, -0.1) is 0 Å². The van der Waals surface area contributed by atoms with Crippen LogP contribution in [0.2, 0.25) is 0 Å². The van der Waals surface area contributed by atoms with Gasteiger partial charge in [-0.1, -0.05) is 13.8 Å². The van der Waals surface area contributed by atoms with Crippen molar-refractivity contribution in [3.05, 3.63) is 0 Å². The second-order valence-electron chi connectivity index (χ2n) is 6.27. The van der Waals surface area contributed by atoms with Gasteiger partial charge in [-0.05, 0) is 38.0 Å². The first-order valence-corrected chi connectivity index (χ1v) is 7.16. The summed E-state index contributed by atoms with van der Waals surface area (Å²) < 4.78 is 5.70. The zero-order chi connectivity index (χ0) is 12.5. The highest BCUT2D eigenvalue weighted by Gasteiger charge is 2.49. The van der Waals surface area contributed by atoms with Crippen molar-refractivity contribution < 1.29 is 4.74 Å². The smallest absolute Gasteiger partial charge is 0.0611 e. The Morgan fingerprint density at radius 3 is 2.29 bits per heavy atom. The van der Waals surface area contributed by atoms with E-state index in [0.717, 1.165) is 37.8 Å². The number of nitrogens with two attached hydrogens (primary N) is 1. The van der Waals surface area contributed by atoms with Crippen molar-refractivity contribution in [2.45, 2.75) is 51.7 Å². The first-order chi connectivity index (χ1) is 8.09. The Kier molecular flexibility index (Phi) is 4.11. The Morgan fingerprint density at radius 1 is 1.24 bits per heavy atom. The van der Waals surface area contributed by atoms with Crippen LogP contribution in [0.3, 0.4) is 0 Å². The van der Waals surface area contributed by atoms with Crippen LogP contribution in [0, 0.1) is 11.8 Å². The summed E-state index contributed by atoms with van der Waals surface area (Å²) in [4.78, 5) is 2.65. The van der Waals surface area contributed by atoms with Crippen molar-refractivity contribution in [1.29, 1.82) is 0 Å². The molecule has 0 bridgehead atoms. The zero-order valence-corrected chi connectivity index (χ0v) is 11.6. The summed E-state index contributed by atoms with van der Waals surface area (Å²) in [7, 11) is 0. The van der Waals surface area contributed by atoms with Gasteiger partial charge in [-0.25, -0.2) is 0 Å². The molecule has 2 fully saturated rings. The first kappa shape index (κ1) is 13.3. The maximum atomic E-state index is 6.05. The molecule has 3 nitrogen and oxygen atoms in total. The number of likely N-dealkylation sites (tertiary alicyclic amines) is 1. The van der Waals surface area contributed by atoms with Crippen LogP contribution < -0.4 is 5.73 Å². The molecule has 0 spiro atoms. The summed E-state index contributed by atoms with van der Waals surface area (Å²) in [6.07, 6.45) is 4.09. The predicted molar refractivity (Wildman–Crippen MR) is 71.0 cm³/mol. The Hall–Kier alpha value is -0.120. The highest BCUT2D eigenvalue weighted by molar-refractivity contribution is 5.05. The third kappa shape index (κ3) is 2.67. The van der Waals surface area contributed by atoms with Crippen LogP contribution in [0.25, 0.3) is 0 Å². The number of rotatable bonds is 4. The molecular formula is C14H28N2O. The van der Waals surface area contributed by atoms with Gasteiger partial charge in [0.15, 0.2) is 0 Å². The Bertz CT molecular complexity index is 241. The summed E-state index contributed by atoms with van der Waals surface area (Å²) in [5.41, 5.74) is 6.30. The average molecular weight is 240 g/mol. The number of piperidine rings is 1. The fourth-order valence-electron chi connectivity index (χ4n) is 3.75. The molecule has 0 radical (unpaired) electrons. The highest BCUT2D eigenvalue weighted by Crippen LogP contribution is 2.41. The second-order valence-corrected chi connectivity index (χ2v) is 6.27. The van der Waals surface area contributed by atoms with Crippen molar-refractivity contribution in [3.8, 4) is 0 Å². The molecular weight excluding hydrogens is 212 g/mol. The fraction of sp³-hybridized carbons (Fsp3) is 1.00. The largest absolute Gasteiger partial charge is 0.378 e. The lowest BCUT2D eigenvalue weighted by Gasteiger charge is -2.56. The number of hydrogen-bond donors (Lipinski definition) is 1. The van der Waals surface area contributed by atoms with Crippen LogP contribution in [-0.2, 0) is 4.74 Å². The van der Waals surface area contributed by atoms with Crippen molar-refractivity contribution in [3.63, 3.8) is 0 Å². The van der Waals surface area contributed by atoms with Crippen LogP contribution in [0.5, 0.6) is 0 Å². The lowest BCUT2D eigenvalue weighted by molar-refractivity contribution is -0.114. The molecule has 17 heavy (non-hydrogen) atoms. The van der Waals surface area contributed by atoms with Crippen LogP contribution in [0.15, 0.2) is 0 Å². The number of hydrogen-bond acceptors (Lipinski definition) is 3. The van der Waals surface area contributed by atoms with Crippen LogP contribution >= 0.6 is 0 Å². The van der Waals surface area contributed by atoms with E-state index in [1.54, 1.807) is 0 Å². The molecule has 2 atom stereocenters. The van der Waals surface area contributed by atoms with E-state index >= 15 is 0 Å². The van der Waals surface area contributed by atoms with Gasteiger partial charge in [-0.2, -0.15) is 0 Å². The van der Waals surface area contributed by atoms with E-state index in [1.165, 1.54) is 19.5 Å². The first-order valence-electron chi connectivity index (χ1n) is 7.16. The van der Waals surface area contributed by atoms with E-state index in [4.69, 9.17) is 10.5 Å². The summed E-state index contributed by atoms with van der Waals surface area (Å²) in [6, 6.07) is 0. The summed E-state index contributed by atoms with van der Waals surface area (Å²) in [5.74, 6) is 1.63. The molecule has 0 aromatic carbocycles. The second kappa shape index (κ2) is 5.25. The summed E-state index contributed by atoms with van der Waals surface area (Å²) in [6.45, 7) is 10.9. The molecule has 1 aliphatic carbocycles. The standard InChI is InChI=1S/C14H28N2O/c1-4-17-13-6-14(7-13,10-15)16-8-11(2)5-12(3)9-16/h11-13H,4-10,15H2,1-3H3. The SMILES string of the molecule is CCOC1CC(CN)(N2CC(C)CC(C)C2)C1. The zero-order valence-electron chi connectivity index (χ0n) is 11.6. The van der Waals surface area contributed by atoms with Crippen molar-refractivity contribution in [2.24, 2.45) is 17.6 Å². The molecule has 2 rings (SSSR count). The molecule has 1 aliphatic heterocycles. The Balaban J connectivity index is 1.95. The van der Waals surface area contributed by atoms with Crippen LogP contribution in [0.4, 0.5) is 0 Å². The molecule has 2 aliphatic rings. The molecule has 0 amide bonds. The van der Waals surface area contributed by atoms with E-state index in [9.17, 15) is 0 Å². The molecule has 1 heterocycles.